The number of hydrogen-bond acceptors (Lipinski definition) is 4. The Hall–Kier alpha value is -0.810. The van der Waals surface area contributed by atoms with Gasteiger partial charge in [0.15, 0.2) is 0 Å². The van der Waals surface area contributed by atoms with Crippen molar-refractivity contribution in [2.45, 2.75) is 18.9 Å². The van der Waals surface area contributed by atoms with E-state index >= 15 is 0 Å². The van der Waals surface area contributed by atoms with Crippen LogP contribution < -0.4 is 11.1 Å². The molecule has 3 N–H and O–H groups in total. The van der Waals surface area contributed by atoms with E-state index in [0.29, 0.717) is 13.0 Å². The summed E-state index contributed by atoms with van der Waals surface area (Å²) in [6.45, 7) is 0.678. The smallest absolute Gasteiger partial charge is 0.322 e. The van der Waals surface area contributed by atoms with Gasteiger partial charge in [-0.05, 0) is 12.8 Å². The second kappa shape index (κ2) is 5.82. The van der Waals surface area contributed by atoms with Gasteiger partial charge in [-0.1, -0.05) is 0 Å². The van der Waals surface area contributed by atoms with Gasteiger partial charge in [-0.15, -0.1) is 12.4 Å². The molecule has 5 nitrogen and oxygen atoms in total. The molecule has 6 heteroatoms. The van der Waals surface area contributed by atoms with E-state index in [1.165, 1.54) is 7.11 Å². The summed E-state index contributed by atoms with van der Waals surface area (Å²) in [6.07, 6.45) is 1.13. The fourth-order valence-corrected chi connectivity index (χ4v) is 1.42. The zero-order valence-electron chi connectivity index (χ0n) is 7.99. The standard InChI is InChI=1S/C8H14N2O3.ClH/c1-13-8(12)6(9)4-5-2-3-10-7(5)11;/h5-6H,2-4,9H2,1H3,(H,10,11);1H/t5-,6?;/m0./s1. The maximum Gasteiger partial charge on any atom is 0.322 e. The highest BCUT2D eigenvalue weighted by Crippen LogP contribution is 2.15. The van der Waals surface area contributed by atoms with Gasteiger partial charge in [0.2, 0.25) is 5.91 Å². The molecule has 2 atom stereocenters. The second-order valence-corrected chi connectivity index (χ2v) is 3.14. The van der Waals surface area contributed by atoms with Crippen LogP contribution in [0.1, 0.15) is 12.8 Å². The third-order valence-electron chi connectivity index (χ3n) is 2.21. The van der Waals surface area contributed by atoms with Crippen LogP contribution in [0.15, 0.2) is 0 Å². The van der Waals surface area contributed by atoms with Gasteiger partial charge in [0.05, 0.1) is 7.11 Å². The molecule has 1 fully saturated rings. The third-order valence-corrected chi connectivity index (χ3v) is 2.21. The Morgan fingerprint density at radius 1 is 1.79 bits per heavy atom. The Morgan fingerprint density at radius 3 is 2.86 bits per heavy atom. The van der Waals surface area contributed by atoms with Crippen LogP contribution in [0.5, 0.6) is 0 Å². The number of esters is 1. The first-order chi connectivity index (χ1) is 6.15. The molecule has 1 aliphatic rings. The molecule has 0 saturated carbocycles. The predicted molar refractivity (Wildman–Crippen MR) is 53.0 cm³/mol. The molecule has 14 heavy (non-hydrogen) atoms. The van der Waals surface area contributed by atoms with Crippen molar-refractivity contribution < 1.29 is 14.3 Å². The van der Waals surface area contributed by atoms with E-state index in [4.69, 9.17) is 5.73 Å². The molecule has 1 heterocycles. The normalized spacial score (nSPS) is 22.1. The summed E-state index contributed by atoms with van der Waals surface area (Å²) in [5.74, 6) is -0.604. The first-order valence-electron chi connectivity index (χ1n) is 4.26. The van der Waals surface area contributed by atoms with Crippen LogP contribution in [0.2, 0.25) is 0 Å². The van der Waals surface area contributed by atoms with Gasteiger partial charge in [-0.2, -0.15) is 0 Å². The predicted octanol–water partition coefficient (Wildman–Crippen LogP) is -0.565. The molecule has 0 aromatic heterocycles. The van der Waals surface area contributed by atoms with E-state index < -0.39 is 12.0 Å². The van der Waals surface area contributed by atoms with Crippen molar-refractivity contribution in [3.63, 3.8) is 0 Å². The fraction of sp³-hybridized carbons (Fsp3) is 0.750. The number of rotatable bonds is 3. The zero-order chi connectivity index (χ0) is 9.84. The van der Waals surface area contributed by atoms with Crippen molar-refractivity contribution in [3.8, 4) is 0 Å². The number of ether oxygens (including phenoxy) is 1. The highest BCUT2D eigenvalue weighted by atomic mass is 35.5. The summed E-state index contributed by atoms with van der Waals surface area (Å²) in [6, 6.07) is -0.682. The first kappa shape index (κ1) is 13.2. The number of nitrogens with one attached hydrogen (secondary N) is 1. The Bertz CT molecular complexity index is 223. The van der Waals surface area contributed by atoms with E-state index in [0.717, 1.165) is 6.42 Å². The Balaban J connectivity index is 0.00000169. The van der Waals surface area contributed by atoms with Crippen LogP contribution >= 0.6 is 12.4 Å². The molecule has 82 valence electrons. The number of hydrogen-bond donors (Lipinski definition) is 2. The lowest BCUT2D eigenvalue weighted by atomic mass is 9.99. The molecule has 0 aliphatic carbocycles. The Kier molecular flexibility index (Phi) is 5.49. The van der Waals surface area contributed by atoms with E-state index in [1.54, 1.807) is 0 Å². The highest BCUT2D eigenvalue weighted by molar-refractivity contribution is 5.85. The molecule has 1 unspecified atom stereocenters. The van der Waals surface area contributed by atoms with Crippen LogP contribution in [0.25, 0.3) is 0 Å². The zero-order valence-corrected chi connectivity index (χ0v) is 8.80. The van der Waals surface area contributed by atoms with E-state index in [9.17, 15) is 9.59 Å². The summed E-state index contributed by atoms with van der Waals surface area (Å²) in [5.41, 5.74) is 5.52. The van der Waals surface area contributed by atoms with Gasteiger partial charge in [-0.3, -0.25) is 9.59 Å². The maximum atomic E-state index is 11.1. The van der Waals surface area contributed by atoms with Gasteiger partial charge in [-0.25, -0.2) is 0 Å². The molecule has 1 aliphatic heterocycles. The van der Waals surface area contributed by atoms with Crippen molar-refractivity contribution in [2.75, 3.05) is 13.7 Å². The van der Waals surface area contributed by atoms with Gasteiger partial charge < -0.3 is 15.8 Å². The summed E-state index contributed by atoms with van der Waals surface area (Å²) in [5, 5.41) is 2.69. The summed E-state index contributed by atoms with van der Waals surface area (Å²) in [4.78, 5) is 22.0. The number of methoxy groups -OCH3 is 1. The lowest BCUT2D eigenvalue weighted by Crippen LogP contribution is -2.35. The second-order valence-electron chi connectivity index (χ2n) is 3.14. The largest absolute Gasteiger partial charge is 0.468 e. The summed E-state index contributed by atoms with van der Waals surface area (Å²) >= 11 is 0. The van der Waals surface area contributed by atoms with Crippen molar-refractivity contribution >= 4 is 24.3 Å². The number of amides is 1. The Morgan fingerprint density at radius 2 is 2.43 bits per heavy atom. The van der Waals surface area contributed by atoms with Gasteiger partial charge in [0.25, 0.3) is 0 Å². The first-order valence-corrected chi connectivity index (χ1v) is 4.26. The third kappa shape index (κ3) is 3.16. The topological polar surface area (TPSA) is 81.4 Å². The van der Waals surface area contributed by atoms with Crippen LogP contribution in [0.3, 0.4) is 0 Å². The molecule has 0 aromatic carbocycles. The number of carbonyl (C=O) groups is 2. The molecule has 0 radical (unpaired) electrons. The van der Waals surface area contributed by atoms with E-state index in [1.807, 2.05) is 0 Å². The SMILES string of the molecule is COC(=O)C(N)C[C@@H]1CCNC1=O.Cl. The monoisotopic (exact) mass is 222 g/mol. The molecule has 1 rings (SSSR count). The number of halogens is 1. The highest BCUT2D eigenvalue weighted by Gasteiger charge is 2.28. The molecular weight excluding hydrogens is 208 g/mol. The quantitative estimate of drug-likeness (QED) is 0.627. The van der Waals surface area contributed by atoms with Crippen molar-refractivity contribution in [1.82, 2.24) is 5.32 Å². The average Bonchev–Trinajstić information content (AvgIpc) is 2.50. The van der Waals surface area contributed by atoms with E-state index in [-0.39, 0.29) is 24.2 Å². The molecule has 0 aromatic rings. The average molecular weight is 223 g/mol. The minimum absolute atomic E-state index is 0. The van der Waals surface area contributed by atoms with Gasteiger partial charge in [0, 0.05) is 12.5 Å². The molecule has 1 amide bonds. The lowest BCUT2D eigenvalue weighted by molar-refractivity contribution is -0.142. The molecule has 0 spiro atoms. The van der Waals surface area contributed by atoms with Crippen molar-refractivity contribution in [1.29, 1.82) is 0 Å². The lowest BCUT2D eigenvalue weighted by Gasteiger charge is -2.11. The van der Waals surface area contributed by atoms with E-state index in [2.05, 4.69) is 10.1 Å². The van der Waals surface area contributed by atoms with Gasteiger partial charge >= 0.3 is 5.97 Å². The Labute approximate surface area is 88.8 Å². The van der Waals surface area contributed by atoms with Crippen LogP contribution in [0.4, 0.5) is 0 Å². The van der Waals surface area contributed by atoms with Gasteiger partial charge in [0.1, 0.15) is 6.04 Å². The van der Waals surface area contributed by atoms with Crippen molar-refractivity contribution in [3.05, 3.63) is 0 Å². The minimum Gasteiger partial charge on any atom is -0.468 e. The van der Waals surface area contributed by atoms with Crippen LogP contribution in [-0.2, 0) is 14.3 Å². The maximum absolute atomic E-state index is 11.1. The van der Waals surface area contributed by atoms with Crippen LogP contribution in [0, 0.1) is 5.92 Å². The number of carbonyl (C=O) groups excluding carboxylic acids is 2. The minimum atomic E-state index is -0.682. The fourth-order valence-electron chi connectivity index (χ4n) is 1.42. The summed E-state index contributed by atoms with van der Waals surface area (Å²) < 4.78 is 4.46. The van der Waals surface area contributed by atoms with Crippen LogP contribution in [-0.4, -0.2) is 31.6 Å². The summed E-state index contributed by atoms with van der Waals surface area (Å²) in [7, 11) is 1.29. The molecule has 0 bridgehead atoms. The van der Waals surface area contributed by atoms with Crippen molar-refractivity contribution in [2.24, 2.45) is 11.7 Å². The molecular formula is C8H15ClN2O3. The number of nitrogens with two attached hydrogens (primary N) is 1. The molecule has 1 saturated heterocycles.